The maximum Gasteiger partial charge on any atom is 0.416 e. The highest BCUT2D eigenvalue weighted by Crippen LogP contribution is 2.40. The van der Waals surface area contributed by atoms with Crippen LogP contribution in [0.4, 0.5) is 35.5 Å². The minimum Gasteiger partial charge on any atom is -0.395 e. The molecule has 2 atom stereocenters. The highest BCUT2D eigenvalue weighted by molar-refractivity contribution is 5.88. The van der Waals surface area contributed by atoms with E-state index < -0.39 is 64.2 Å². The van der Waals surface area contributed by atoms with Crippen LogP contribution in [-0.2, 0) is 22.6 Å². The summed E-state index contributed by atoms with van der Waals surface area (Å²) < 4.78 is 94.8. The molecule has 0 saturated carbocycles. The Bertz CT molecular complexity index is 1230. The van der Waals surface area contributed by atoms with Crippen LogP contribution in [0.5, 0.6) is 0 Å². The summed E-state index contributed by atoms with van der Waals surface area (Å²) in [6.45, 7) is 1.46. The van der Waals surface area contributed by atoms with Gasteiger partial charge < -0.3 is 24.9 Å². The fraction of sp³-hybridized carbons (Fsp3) is 0.500. The topological polar surface area (TPSA) is 84.3 Å². The monoisotopic (exact) mass is 607 g/mol. The van der Waals surface area contributed by atoms with Crippen molar-refractivity contribution in [3.05, 3.63) is 70.5 Å². The number of aliphatic hydroxyl groups is 2. The zero-order valence-electron chi connectivity index (χ0n) is 23.1. The van der Waals surface area contributed by atoms with Crippen LogP contribution in [0.1, 0.15) is 42.0 Å². The molecule has 232 valence electrons. The first-order valence-corrected chi connectivity index (χ1v) is 13.0. The summed E-state index contributed by atoms with van der Waals surface area (Å²) >= 11 is 0. The van der Waals surface area contributed by atoms with Crippen molar-refractivity contribution in [2.75, 3.05) is 46.4 Å². The molecule has 1 unspecified atom stereocenters. The molecule has 1 fully saturated rings. The molecule has 42 heavy (non-hydrogen) atoms. The summed E-state index contributed by atoms with van der Waals surface area (Å²) in [7, 11) is 1.34. The van der Waals surface area contributed by atoms with Crippen LogP contribution >= 0.6 is 0 Å². The number of aliphatic hydroxyl groups excluding tert-OH is 2. The molecule has 1 saturated heterocycles. The first-order valence-electron chi connectivity index (χ1n) is 13.0. The molecule has 1 heterocycles. The van der Waals surface area contributed by atoms with E-state index in [1.165, 1.54) is 59.9 Å². The van der Waals surface area contributed by atoms with Crippen molar-refractivity contribution in [3.8, 4) is 0 Å². The van der Waals surface area contributed by atoms with Gasteiger partial charge in [0.15, 0.2) is 0 Å². The first kappa shape index (κ1) is 33.1. The van der Waals surface area contributed by atoms with E-state index >= 15 is 0 Å². The van der Waals surface area contributed by atoms with Gasteiger partial charge >= 0.3 is 18.4 Å². The van der Waals surface area contributed by atoms with Crippen molar-refractivity contribution < 1.29 is 50.5 Å². The van der Waals surface area contributed by atoms with E-state index in [2.05, 4.69) is 0 Å². The fourth-order valence-electron chi connectivity index (χ4n) is 5.15. The van der Waals surface area contributed by atoms with Gasteiger partial charge in [0.1, 0.15) is 5.82 Å². The number of carbonyl (C=O) groups excluding carboxylic acids is 2. The van der Waals surface area contributed by atoms with Gasteiger partial charge in [-0.25, -0.2) is 9.18 Å². The van der Waals surface area contributed by atoms with Crippen molar-refractivity contribution >= 4 is 11.9 Å². The Balaban J connectivity index is 2.02. The molecular weight excluding hydrogens is 575 g/mol. The number of amides is 3. The Kier molecular flexibility index (Phi) is 9.82. The number of benzene rings is 2. The third kappa shape index (κ3) is 7.14. The summed E-state index contributed by atoms with van der Waals surface area (Å²) in [6, 6.07) is 4.97. The highest BCUT2D eigenvalue weighted by Gasteiger charge is 2.45. The number of carbonyl (C=O) groups is 2. The maximum atomic E-state index is 13.8. The Hall–Kier alpha value is -3.39. The van der Waals surface area contributed by atoms with E-state index in [1.807, 2.05) is 0 Å². The van der Waals surface area contributed by atoms with Crippen molar-refractivity contribution in [2.24, 2.45) is 0 Å². The van der Waals surface area contributed by atoms with Crippen molar-refractivity contribution in [2.45, 2.75) is 43.6 Å². The second kappa shape index (κ2) is 12.5. The Morgan fingerprint density at radius 2 is 1.33 bits per heavy atom. The van der Waals surface area contributed by atoms with Gasteiger partial charge in [-0.15, -0.1) is 0 Å². The molecule has 2 aromatic rings. The van der Waals surface area contributed by atoms with E-state index in [-0.39, 0.29) is 45.5 Å². The second-order valence-corrected chi connectivity index (χ2v) is 10.7. The lowest BCUT2D eigenvalue weighted by Crippen LogP contribution is -2.50. The van der Waals surface area contributed by atoms with Crippen LogP contribution in [0.2, 0.25) is 0 Å². The Morgan fingerprint density at radius 1 is 0.857 bits per heavy atom. The first-order chi connectivity index (χ1) is 19.4. The molecule has 2 N–H and O–H groups in total. The second-order valence-electron chi connectivity index (χ2n) is 10.7. The molecule has 1 aliphatic heterocycles. The molecule has 3 rings (SSSR count). The normalized spacial score (nSPS) is 17.9. The van der Waals surface area contributed by atoms with E-state index in [0.717, 1.165) is 0 Å². The van der Waals surface area contributed by atoms with Gasteiger partial charge in [-0.2, -0.15) is 26.3 Å². The Morgan fingerprint density at radius 3 is 1.79 bits per heavy atom. The lowest BCUT2D eigenvalue weighted by Gasteiger charge is -2.36. The zero-order valence-corrected chi connectivity index (χ0v) is 23.1. The number of halogens is 7. The average Bonchev–Trinajstić information content (AvgIpc) is 3.36. The van der Waals surface area contributed by atoms with Crippen molar-refractivity contribution in [1.82, 2.24) is 14.7 Å². The molecule has 3 amide bonds. The summed E-state index contributed by atoms with van der Waals surface area (Å²) in [4.78, 5) is 30.8. The SMILES string of the molecule is CN(C(=O)C(C)(C)c1cc(C(F)(F)F)cc(C(F)(F)F)c1)[C@@H]1CN(C(=O)N(CCO)CCO)CC1c1ccc(F)cc1. The predicted molar refractivity (Wildman–Crippen MR) is 138 cm³/mol. The van der Waals surface area contributed by atoms with E-state index in [9.17, 15) is 50.5 Å². The number of rotatable bonds is 8. The van der Waals surface area contributed by atoms with Gasteiger partial charge in [0.2, 0.25) is 5.91 Å². The number of likely N-dealkylation sites (N-methyl/N-ethyl adjacent to an activating group) is 1. The minimum absolute atomic E-state index is 0.0106. The maximum absolute atomic E-state index is 13.8. The fourth-order valence-corrected chi connectivity index (χ4v) is 5.15. The highest BCUT2D eigenvalue weighted by atomic mass is 19.4. The number of nitrogens with zero attached hydrogens (tertiary/aromatic N) is 3. The van der Waals surface area contributed by atoms with Gasteiger partial charge in [-0.3, -0.25) is 4.79 Å². The smallest absolute Gasteiger partial charge is 0.395 e. The predicted octanol–water partition coefficient (Wildman–Crippen LogP) is 4.47. The largest absolute Gasteiger partial charge is 0.416 e. The molecule has 0 bridgehead atoms. The summed E-state index contributed by atoms with van der Waals surface area (Å²) in [5.74, 6) is -1.94. The third-order valence-corrected chi connectivity index (χ3v) is 7.53. The van der Waals surface area contributed by atoms with Crippen LogP contribution in [0.3, 0.4) is 0 Å². The number of hydrogen-bond acceptors (Lipinski definition) is 4. The van der Waals surface area contributed by atoms with Gasteiger partial charge in [-0.05, 0) is 55.3 Å². The van der Waals surface area contributed by atoms with Crippen LogP contribution in [-0.4, -0.2) is 89.3 Å². The average molecular weight is 608 g/mol. The summed E-state index contributed by atoms with van der Waals surface area (Å²) in [5, 5.41) is 18.7. The number of urea groups is 1. The minimum atomic E-state index is -5.10. The van der Waals surface area contributed by atoms with E-state index in [1.54, 1.807) is 0 Å². The number of alkyl halides is 6. The standard InChI is InChI=1S/C28H32F7N3O4/c1-26(2,18-12-19(27(30,31)32)14-20(13-18)28(33,34)35)24(41)36(3)23-16-38(25(42)37(8-10-39)9-11-40)15-22(23)17-4-6-21(29)7-5-17/h4-7,12-14,22-23,39-40H,8-11,15-16H2,1-3H3/t22?,23-/m1/s1. The van der Waals surface area contributed by atoms with Crippen LogP contribution < -0.4 is 0 Å². The molecule has 0 radical (unpaired) electrons. The summed E-state index contributed by atoms with van der Waals surface area (Å²) in [5.41, 5.74) is -4.91. The van der Waals surface area contributed by atoms with Crippen LogP contribution in [0, 0.1) is 5.82 Å². The lowest BCUT2D eigenvalue weighted by molar-refractivity contribution is -0.144. The molecule has 0 aromatic heterocycles. The van der Waals surface area contributed by atoms with Gasteiger partial charge in [-0.1, -0.05) is 12.1 Å². The van der Waals surface area contributed by atoms with Crippen LogP contribution in [0.15, 0.2) is 42.5 Å². The Labute approximate surface area is 238 Å². The molecular formula is C28H32F7N3O4. The molecule has 1 aliphatic rings. The molecule has 14 heteroatoms. The van der Waals surface area contributed by atoms with Gasteiger partial charge in [0.25, 0.3) is 0 Å². The zero-order chi connectivity index (χ0) is 31.6. The van der Waals surface area contributed by atoms with Gasteiger partial charge in [0.05, 0.1) is 35.8 Å². The molecule has 2 aromatic carbocycles. The quantitative estimate of drug-likeness (QED) is 0.434. The van der Waals surface area contributed by atoms with Gasteiger partial charge in [0, 0.05) is 39.1 Å². The molecule has 0 spiro atoms. The summed E-state index contributed by atoms with van der Waals surface area (Å²) in [6.07, 6.45) is -10.2. The van der Waals surface area contributed by atoms with E-state index in [4.69, 9.17) is 0 Å². The van der Waals surface area contributed by atoms with Crippen LogP contribution in [0.25, 0.3) is 0 Å². The van der Waals surface area contributed by atoms with E-state index in [0.29, 0.717) is 17.7 Å². The number of hydrogen-bond donors (Lipinski definition) is 2. The third-order valence-electron chi connectivity index (χ3n) is 7.53. The lowest BCUT2D eigenvalue weighted by atomic mass is 9.80. The van der Waals surface area contributed by atoms with Crippen molar-refractivity contribution in [3.63, 3.8) is 0 Å². The number of likely N-dealkylation sites (tertiary alicyclic amines) is 1. The van der Waals surface area contributed by atoms with Crippen molar-refractivity contribution in [1.29, 1.82) is 0 Å². The molecule has 7 nitrogen and oxygen atoms in total. The molecule has 0 aliphatic carbocycles.